The van der Waals surface area contributed by atoms with E-state index in [1.165, 1.54) is 0 Å². The first-order valence-electron chi connectivity index (χ1n) is 4.63. The lowest BCUT2D eigenvalue weighted by Gasteiger charge is -2.29. The van der Waals surface area contributed by atoms with Gasteiger partial charge in [-0.15, -0.1) is 0 Å². The third-order valence-electron chi connectivity index (χ3n) is 2.41. The van der Waals surface area contributed by atoms with Crippen molar-refractivity contribution in [2.75, 3.05) is 0 Å². The molecule has 0 aliphatic carbocycles. The van der Waals surface area contributed by atoms with E-state index in [1.807, 2.05) is 6.92 Å². The zero-order valence-corrected chi connectivity index (χ0v) is 7.97. The Morgan fingerprint density at radius 2 is 1.86 bits per heavy atom. The summed E-state index contributed by atoms with van der Waals surface area (Å²) in [5.74, 6) is -4.08. The molecule has 0 unspecified atom stereocenters. The van der Waals surface area contributed by atoms with Crippen LogP contribution in [0.4, 0.5) is 0 Å². The van der Waals surface area contributed by atoms with Gasteiger partial charge in [0.15, 0.2) is 5.92 Å². The molecule has 0 radical (unpaired) electrons. The first-order valence-corrected chi connectivity index (χ1v) is 4.63. The van der Waals surface area contributed by atoms with Crippen LogP contribution in [0.3, 0.4) is 0 Å². The quantitative estimate of drug-likeness (QED) is 0.659. The molecule has 1 aliphatic rings. The van der Waals surface area contributed by atoms with Gasteiger partial charge in [-0.2, -0.15) is 0 Å². The molecule has 2 atom stereocenters. The fraction of sp³-hybridized carbons (Fsp3) is 0.778. The molecule has 1 heterocycles. The fourth-order valence-corrected chi connectivity index (χ4v) is 1.71. The van der Waals surface area contributed by atoms with Crippen LogP contribution < -0.4 is 0 Å². The van der Waals surface area contributed by atoms with Crippen molar-refractivity contribution in [1.29, 1.82) is 0 Å². The fourth-order valence-electron chi connectivity index (χ4n) is 1.71. The van der Waals surface area contributed by atoms with Crippen LogP contribution in [0.25, 0.3) is 0 Å². The normalized spacial score (nSPS) is 27.6. The Bertz CT molecular complexity index is 223. The van der Waals surface area contributed by atoms with Crippen LogP contribution in [-0.2, 0) is 14.3 Å². The van der Waals surface area contributed by atoms with Gasteiger partial charge in [0.2, 0.25) is 0 Å². The molecule has 5 nitrogen and oxygen atoms in total. The molecule has 0 bridgehead atoms. The van der Waals surface area contributed by atoms with E-state index < -0.39 is 24.0 Å². The smallest absolute Gasteiger partial charge is 0.320 e. The average molecular weight is 202 g/mol. The Balaban J connectivity index is 2.67. The molecule has 1 saturated heterocycles. The van der Waals surface area contributed by atoms with Gasteiger partial charge >= 0.3 is 11.9 Å². The summed E-state index contributed by atoms with van der Waals surface area (Å²) in [6, 6.07) is 0. The van der Waals surface area contributed by atoms with Crippen molar-refractivity contribution in [3.05, 3.63) is 0 Å². The molecule has 5 heteroatoms. The highest BCUT2D eigenvalue weighted by Gasteiger charge is 2.37. The van der Waals surface area contributed by atoms with E-state index in [-0.39, 0.29) is 6.10 Å². The van der Waals surface area contributed by atoms with E-state index in [0.29, 0.717) is 6.42 Å². The summed E-state index contributed by atoms with van der Waals surface area (Å²) in [6.07, 6.45) is 1.46. The molecule has 1 fully saturated rings. The SMILES string of the molecule is C[C@H]1CCC[C@H](C(C(=O)O)C(=O)O)O1. The van der Waals surface area contributed by atoms with Crippen LogP contribution in [0.2, 0.25) is 0 Å². The summed E-state index contributed by atoms with van der Waals surface area (Å²) < 4.78 is 5.31. The molecule has 14 heavy (non-hydrogen) atoms. The maximum absolute atomic E-state index is 10.7. The molecule has 0 amide bonds. The summed E-state index contributed by atoms with van der Waals surface area (Å²) in [4.78, 5) is 21.4. The molecule has 0 spiro atoms. The first kappa shape index (κ1) is 11.0. The summed E-state index contributed by atoms with van der Waals surface area (Å²) in [7, 11) is 0. The van der Waals surface area contributed by atoms with Crippen molar-refractivity contribution in [1.82, 2.24) is 0 Å². The van der Waals surface area contributed by atoms with Crippen molar-refractivity contribution in [2.45, 2.75) is 38.4 Å². The standard InChI is InChI=1S/C9H14O5/c1-5-3-2-4-6(14-5)7(8(10)11)9(12)13/h5-7H,2-4H2,1H3,(H,10,11)(H,12,13)/t5-,6+/m0/s1. The van der Waals surface area contributed by atoms with Crippen molar-refractivity contribution < 1.29 is 24.5 Å². The number of rotatable bonds is 3. The van der Waals surface area contributed by atoms with Gasteiger partial charge < -0.3 is 14.9 Å². The van der Waals surface area contributed by atoms with Crippen molar-refractivity contribution in [3.63, 3.8) is 0 Å². The lowest BCUT2D eigenvalue weighted by atomic mass is 9.94. The maximum Gasteiger partial charge on any atom is 0.320 e. The minimum atomic E-state index is -1.43. The number of carboxylic acids is 2. The van der Waals surface area contributed by atoms with Crippen LogP contribution in [0.1, 0.15) is 26.2 Å². The van der Waals surface area contributed by atoms with Crippen molar-refractivity contribution in [3.8, 4) is 0 Å². The molecule has 0 aromatic carbocycles. The van der Waals surface area contributed by atoms with E-state index in [1.54, 1.807) is 0 Å². The summed E-state index contributed by atoms with van der Waals surface area (Å²) in [5, 5.41) is 17.4. The Hall–Kier alpha value is -1.10. The highest BCUT2D eigenvalue weighted by molar-refractivity contribution is 5.93. The summed E-state index contributed by atoms with van der Waals surface area (Å²) in [5.41, 5.74) is 0. The van der Waals surface area contributed by atoms with Crippen LogP contribution >= 0.6 is 0 Å². The second-order valence-electron chi connectivity index (χ2n) is 3.57. The lowest BCUT2D eigenvalue weighted by molar-refractivity contribution is -0.167. The average Bonchev–Trinajstić information content (AvgIpc) is 2.02. The predicted molar refractivity (Wildman–Crippen MR) is 46.9 cm³/mol. The molecule has 2 N–H and O–H groups in total. The zero-order valence-electron chi connectivity index (χ0n) is 7.97. The van der Waals surface area contributed by atoms with Gasteiger partial charge in [-0.3, -0.25) is 9.59 Å². The molecule has 0 saturated carbocycles. The van der Waals surface area contributed by atoms with Gasteiger partial charge in [0.25, 0.3) is 0 Å². The number of hydrogen-bond donors (Lipinski definition) is 2. The Morgan fingerprint density at radius 3 is 2.29 bits per heavy atom. The molecule has 0 aromatic rings. The first-order chi connectivity index (χ1) is 6.52. The predicted octanol–water partition coefficient (Wildman–Crippen LogP) is 0.729. The highest BCUT2D eigenvalue weighted by atomic mass is 16.5. The van der Waals surface area contributed by atoms with Gasteiger partial charge in [-0.25, -0.2) is 0 Å². The zero-order chi connectivity index (χ0) is 10.7. The van der Waals surface area contributed by atoms with E-state index in [9.17, 15) is 9.59 Å². The topological polar surface area (TPSA) is 83.8 Å². The lowest BCUT2D eigenvalue weighted by Crippen LogP contribution is -2.40. The second-order valence-corrected chi connectivity index (χ2v) is 3.57. The molecular formula is C9H14O5. The van der Waals surface area contributed by atoms with Gasteiger partial charge in [0.1, 0.15) is 0 Å². The molecule has 1 rings (SSSR count). The van der Waals surface area contributed by atoms with E-state index >= 15 is 0 Å². The van der Waals surface area contributed by atoms with Crippen molar-refractivity contribution >= 4 is 11.9 Å². The van der Waals surface area contributed by atoms with Gasteiger partial charge in [0.05, 0.1) is 12.2 Å². The minimum Gasteiger partial charge on any atom is -0.481 e. The highest BCUT2D eigenvalue weighted by Crippen LogP contribution is 2.24. The third kappa shape index (κ3) is 2.45. The number of carboxylic acid groups (broad SMARTS) is 2. The van der Waals surface area contributed by atoms with E-state index in [0.717, 1.165) is 12.8 Å². The summed E-state index contributed by atoms with van der Waals surface area (Å²) >= 11 is 0. The minimum absolute atomic E-state index is 0.0463. The number of carbonyl (C=O) groups is 2. The van der Waals surface area contributed by atoms with Crippen LogP contribution in [0, 0.1) is 5.92 Å². The Kier molecular flexibility index (Phi) is 3.46. The molecule has 80 valence electrons. The van der Waals surface area contributed by atoms with Crippen molar-refractivity contribution in [2.24, 2.45) is 5.92 Å². The van der Waals surface area contributed by atoms with Gasteiger partial charge in [0, 0.05) is 0 Å². The number of aliphatic carboxylic acids is 2. The van der Waals surface area contributed by atoms with Crippen LogP contribution in [0.15, 0.2) is 0 Å². The molecule has 0 aromatic heterocycles. The van der Waals surface area contributed by atoms with Crippen LogP contribution in [-0.4, -0.2) is 34.4 Å². The Labute approximate surface area is 81.7 Å². The second kappa shape index (κ2) is 4.41. The third-order valence-corrected chi connectivity index (χ3v) is 2.41. The van der Waals surface area contributed by atoms with Gasteiger partial charge in [-0.1, -0.05) is 0 Å². The Morgan fingerprint density at radius 1 is 1.29 bits per heavy atom. The van der Waals surface area contributed by atoms with E-state index in [2.05, 4.69) is 0 Å². The number of hydrogen-bond acceptors (Lipinski definition) is 3. The van der Waals surface area contributed by atoms with Crippen LogP contribution in [0.5, 0.6) is 0 Å². The largest absolute Gasteiger partial charge is 0.481 e. The molecular weight excluding hydrogens is 188 g/mol. The summed E-state index contributed by atoms with van der Waals surface area (Å²) in [6.45, 7) is 1.83. The maximum atomic E-state index is 10.7. The molecule has 1 aliphatic heterocycles. The number of ether oxygens (including phenoxy) is 1. The van der Waals surface area contributed by atoms with Gasteiger partial charge in [-0.05, 0) is 26.2 Å². The monoisotopic (exact) mass is 202 g/mol. The van der Waals surface area contributed by atoms with E-state index in [4.69, 9.17) is 14.9 Å².